The van der Waals surface area contributed by atoms with Crippen LogP contribution in [0.15, 0.2) is 18.3 Å². The quantitative estimate of drug-likeness (QED) is 0.649. The molecule has 32 heavy (non-hydrogen) atoms. The molecule has 2 aromatic heterocycles. The van der Waals surface area contributed by atoms with Crippen LogP contribution in [0.25, 0.3) is 11.0 Å². The maximum atomic E-state index is 11.3. The number of carbonyl (C=O) groups excluding carboxylic acids is 1. The molecule has 2 fully saturated rings. The zero-order chi connectivity index (χ0) is 22.9. The highest BCUT2D eigenvalue weighted by molar-refractivity contribution is 5.98. The van der Waals surface area contributed by atoms with Gasteiger partial charge in [-0.3, -0.25) is 0 Å². The van der Waals surface area contributed by atoms with Gasteiger partial charge in [0.2, 0.25) is 0 Å². The van der Waals surface area contributed by atoms with Crippen LogP contribution in [0.2, 0.25) is 0 Å². The minimum atomic E-state index is -0.800. The van der Waals surface area contributed by atoms with Gasteiger partial charge in [0.15, 0.2) is 0 Å². The number of hydrogen-bond donors (Lipinski definition) is 2. The lowest BCUT2D eigenvalue weighted by Crippen LogP contribution is -2.44. The zero-order valence-electron chi connectivity index (χ0n) is 19.6. The van der Waals surface area contributed by atoms with E-state index in [1.54, 1.807) is 6.20 Å². The van der Waals surface area contributed by atoms with Gasteiger partial charge in [-0.25, -0.2) is 9.78 Å². The Morgan fingerprint density at radius 2 is 1.88 bits per heavy atom. The number of rotatable bonds is 5. The number of carbonyl (C=O) groups is 1. The minimum absolute atomic E-state index is 0.0629. The Morgan fingerprint density at radius 1 is 1.19 bits per heavy atom. The van der Waals surface area contributed by atoms with Crippen molar-refractivity contribution in [1.29, 1.82) is 5.41 Å². The molecule has 7 heteroatoms. The predicted octanol–water partition coefficient (Wildman–Crippen LogP) is 4.87. The van der Waals surface area contributed by atoms with Crippen molar-refractivity contribution in [2.45, 2.75) is 78.0 Å². The van der Waals surface area contributed by atoms with Crippen molar-refractivity contribution in [2.24, 2.45) is 17.1 Å². The van der Waals surface area contributed by atoms with Gasteiger partial charge in [0, 0.05) is 48.5 Å². The smallest absolute Gasteiger partial charge is 0.404 e. The summed E-state index contributed by atoms with van der Waals surface area (Å²) >= 11 is 0. The fourth-order valence-electron chi connectivity index (χ4n) is 5.87. The monoisotopic (exact) mass is 439 g/mol. The summed E-state index contributed by atoms with van der Waals surface area (Å²) in [6, 6.07) is 4.84. The van der Waals surface area contributed by atoms with Crippen molar-refractivity contribution in [3.63, 3.8) is 0 Å². The molecule has 1 saturated carbocycles. The molecule has 2 aliphatic rings. The molecule has 4 rings (SSSR count). The second kappa shape index (κ2) is 9.22. The molecular formula is C25H37N5O2. The van der Waals surface area contributed by atoms with Gasteiger partial charge >= 0.3 is 6.09 Å². The summed E-state index contributed by atoms with van der Waals surface area (Å²) in [6.07, 6.45) is 9.64. The van der Waals surface area contributed by atoms with Gasteiger partial charge in [-0.15, -0.1) is 0 Å². The number of pyridine rings is 1. The maximum Gasteiger partial charge on any atom is 0.404 e. The summed E-state index contributed by atoms with van der Waals surface area (Å²) < 4.78 is 7.36. The third kappa shape index (κ3) is 4.53. The number of ether oxygens (including phenoxy) is 1. The number of likely N-dealkylation sites (tertiary alicyclic amines) is 1. The average Bonchev–Trinajstić information content (AvgIpc) is 3.10. The normalized spacial score (nSPS) is 23.3. The summed E-state index contributed by atoms with van der Waals surface area (Å²) in [5.41, 5.74) is 8.09. The first-order valence-corrected chi connectivity index (χ1v) is 11.9. The molecule has 1 amide bonds. The fraction of sp³-hybridized carbons (Fsp3) is 0.640. The molecule has 0 atom stereocenters. The Kier molecular flexibility index (Phi) is 6.56. The summed E-state index contributed by atoms with van der Waals surface area (Å²) in [4.78, 5) is 18.6. The van der Waals surface area contributed by atoms with Crippen molar-refractivity contribution >= 4 is 23.3 Å². The molecule has 1 aliphatic heterocycles. The number of primary amides is 1. The summed E-state index contributed by atoms with van der Waals surface area (Å²) in [5, 5.41) is 8.88. The first kappa shape index (κ1) is 22.8. The van der Waals surface area contributed by atoms with Crippen LogP contribution in [0, 0.1) is 16.7 Å². The fourth-order valence-corrected chi connectivity index (χ4v) is 5.87. The highest BCUT2D eigenvalue weighted by Crippen LogP contribution is 2.40. The van der Waals surface area contributed by atoms with Crippen LogP contribution in [-0.2, 0) is 11.3 Å². The van der Waals surface area contributed by atoms with Gasteiger partial charge in [0.1, 0.15) is 12.3 Å². The van der Waals surface area contributed by atoms with E-state index in [1.165, 1.54) is 31.9 Å². The lowest BCUT2D eigenvalue weighted by atomic mass is 9.71. The van der Waals surface area contributed by atoms with Gasteiger partial charge in [-0.05, 0) is 62.0 Å². The van der Waals surface area contributed by atoms with Crippen molar-refractivity contribution in [1.82, 2.24) is 14.5 Å². The molecule has 0 unspecified atom stereocenters. The number of aromatic nitrogens is 2. The Hall–Kier alpha value is -2.41. The maximum absolute atomic E-state index is 11.3. The SMILES string of the molecule is CC(C)(C)C1CCC(N2CCC(n3c(COC(N)=O)c(C=N)c4cccnc43)CC2)CC1. The molecule has 7 nitrogen and oxygen atoms in total. The highest BCUT2D eigenvalue weighted by Gasteiger charge is 2.34. The van der Waals surface area contributed by atoms with E-state index in [9.17, 15) is 4.79 Å². The van der Waals surface area contributed by atoms with Gasteiger partial charge in [0.25, 0.3) is 0 Å². The molecule has 0 aromatic carbocycles. The number of piperidine rings is 1. The third-order valence-electron chi connectivity index (χ3n) is 7.70. The lowest BCUT2D eigenvalue weighted by molar-refractivity contribution is 0.0711. The second-order valence-electron chi connectivity index (χ2n) is 10.5. The van der Waals surface area contributed by atoms with Gasteiger partial charge in [-0.2, -0.15) is 0 Å². The standard InChI is InChI=1S/C25H37N5O2/c1-25(2,3)17-6-8-18(9-7-17)29-13-10-19(11-14-29)30-22(16-32-24(27)31)21(15-26)20-5-4-12-28-23(20)30/h4-5,12,15,17-19,26H,6-11,13-14,16H2,1-3H3,(H2,27,31). The van der Waals surface area contributed by atoms with E-state index >= 15 is 0 Å². The van der Waals surface area contributed by atoms with Crippen LogP contribution < -0.4 is 5.73 Å². The van der Waals surface area contributed by atoms with Crippen molar-refractivity contribution in [3.8, 4) is 0 Å². The van der Waals surface area contributed by atoms with Gasteiger partial charge in [0.05, 0.1) is 5.69 Å². The largest absolute Gasteiger partial charge is 0.443 e. The molecule has 3 N–H and O–H groups in total. The predicted molar refractivity (Wildman–Crippen MR) is 127 cm³/mol. The van der Waals surface area contributed by atoms with Gasteiger partial charge < -0.3 is 25.3 Å². The second-order valence-corrected chi connectivity index (χ2v) is 10.5. The molecule has 1 saturated heterocycles. The zero-order valence-corrected chi connectivity index (χ0v) is 19.6. The van der Waals surface area contributed by atoms with E-state index in [4.69, 9.17) is 15.9 Å². The number of hydrogen-bond acceptors (Lipinski definition) is 5. The molecule has 0 spiro atoms. The Morgan fingerprint density at radius 3 is 2.47 bits per heavy atom. The molecule has 0 radical (unpaired) electrons. The number of amides is 1. The molecule has 3 heterocycles. The van der Waals surface area contributed by atoms with E-state index in [0.29, 0.717) is 11.5 Å². The molecule has 1 aliphatic carbocycles. The number of nitrogens with zero attached hydrogens (tertiary/aromatic N) is 3. The van der Waals surface area contributed by atoms with Crippen LogP contribution in [0.3, 0.4) is 0 Å². The number of nitrogens with two attached hydrogens (primary N) is 1. The summed E-state index contributed by atoms with van der Waals surface area (Å²) in [6.45, 7) is 9.33. The van der Waals surface area contributed by atoms with E-state index in [1.807, 2.05) is 12.1 Å². The average molecular weight is 440 g/mol. The Balaban J connectivity index is 1.50. The first-order valence-electron chi connectivity index (χ1n) is 11.9. The van der Waals surface area contributed by atoms with E-state index in [2.05, 4.69) is 35.2 Å². The first-order chi connectivity index (χ1) is 15.3. The lowest BCUT2D eigenvalue weighted by Gasteiger charge is -2.43. The number of nitrogens with one attached hydrogen (secondary N) is 1. The molecule has 0 bridgehead atoms. The highest BCUT2D eigenvalue weighted by atomic mass is 16.5. The van der Waals surface area contributed by atoms with Crippen LogP contribution in [0.4, 0.5) is 4.79 Å². The van der Waals surface area contributed by atoms with Crippen LogP contribution in [0.1, 0.15) is 76.6 Å². The van der Waals surface area contributed by atoms with Crippen LogP contribution in [-0.4, -0.2) is 45.9 Å². The van der Waals surface area contributed by atoms with E-state index in [-0.39, 0.29) is 12.6 Å². The Bertz CT molecular complexity index is 961. The van der Waals surface area contributed by atoms with Crippen molar-refractivity contribution in [2.75, 3.05) is 13.1 Å². The summed E-state index contributed by atoms with van der Waals surface area (Å²) in [5.74, 6) is 0.834. The molecular weight excluding hydrogens is 402 g/mol. The molecule has 2 aromatic rings. The van der Waals surface area contributed by atoms with E-state index < -0.39 is 6.09 Å². The topological polar surface area (TPSA) is 97.2 Å². The van der Waals surface area contributed by atoms with Crippen molar-refractivity contribution in [3.05, 3.63) is 29.6 Å². The van der Waals surface area contributed by atoms with Crippen LogP contribution in [0.5, 0.6) is 0 Å². The van der Waals surface area contributed by atoms with Crippen molar-refractivity contribution < 1.29 is 9.53 Å². The Labute approximate surface area is 190 Å². The van der Waals surface area contributed by atoms with E-state index in [0.717, 1.165) is 54.1 Å². The third-order valence-corrected chi connectivity index (χ3v) is 7.70. The van der Waals surface area contributed by atoms with Gasteiger partial charge in [-0.1, -0.05) is 20.8 Å². The number of fused-ring (bicyclic) bond motifs is 1. The molecule has 174 valence electrons. The van der Waals surface area contributed by atoms with Crippen LogP contribution >= 0.6 is 0 Å². The summed E-state index contributed by atoms with van der Waals surface area (Å²) in [7, 11) is 0. The minimum Gasteiger partial charge on any atom is -0.443 e.